The smallest absolute Gasteiger partial charge is 0.127 e. The topological polar surface area (TPSA) is 49.5 Å². The zero-order chi connectivity index (χ0) is 14.7. The summed E-state index contributed by atoms with van der Waals surface area (Å²) in [4.78, 5) is 2.23. The second-order valence-corrected chi connectivity index (χ2v) is 6.12. The van der Waals surface area contributed by atoms with Gasteiger partial charge in [-0.15, -0.1) is 0 Å². The van der Waals surface area contributed by atoms with Crippen LogP contribution in [0, 0.1) is 17.7 Å². The molecule has 20 heavy (non-hydrogen) atoms. The molecule has 4 atom stereocenters. The van der Waals surface area contributed by atoms with Crippen LogP contribution in [0.5, 0.6) is 0 Å². The molecular weight excluding hydrogens is 255 g/mol. The third-order valence-electron chi connectivity index (χ3n) is 4.43. The number of likely N-dealkylation sites (tertiary alicyclic amines) is 1. The van der Waals surface area contributed by atoms with Gasteiger partial charge in [-0.25, -0.2) is 4.39 Å². The molecule has 3 nitrogen and oxygen atoms in total. The zero-order valence-electron chi connectivity index (χ0n) is 12.3. The van der Waals surface area contributed by atoms with Crippen molar-refractivity contribution in [3.63, 3.8) is 0 Å². The molecule has 0 amide bonds. The molecule has 0 saturated carbocycles. The number of benzene rings is 1. The van der Waals surface area contributed by atoms with Crippen molar-refractivity contribution in [3.05, 3.63) is 35.6 Å². The molecular formula is C16H25FN2O. The van der Waals surface area contributed by atoms with Gasteiger partial charge in [-0.05, 0) is 30.9 Å². The number of hydrogen-bond acceptors (Lipinski definition) is 3. The van der Waals surface area contributed by atoms with E-state index < -0.39 is 0 Å². The van der Waals surface area contributed by atoms with Gasteiger partial charge in [-0.2, -0.15) is 0 Å². The van der Waals surface area contributed by atoms with E-state index in [-0.39, 0.29) is 23.9 Å². The Labute approximate surface area is 120 Å². The Hall–Kier alpha value is -0.970. The summed E-state index contributed by atoms with van der Waals surface area (Å²) in [6.45, 7) is 6.58. The number of piperidine rings is 1. The van der Waals surface area contributed by atoms with Gasteiger partial charge in [0.15, 0.2) is 0 Å². The number of hydrogen-bond donors (Lipinski definition) is 2. The molecule has 0 aromatic heterocycles. The van der Waals surface area contributed by atoms with E-state index in [9.17, 15) is 9.50 Å². The van der Waals surface area contributed by atoms with Crippen molar-refractivity contribution in [2.45, 2.75) is 32.4 Å². The Kier molecular flexibility index (Phi) is 5.13. The lowest BCUT2D eigenvalue weighted by Gasteiger charge is -2.36. The maximum Gasteiger partial charge on any atom is 0.127 e. The number of aliphatic hydroxyl groups excluding tert-OH is 1. The Morgan fingerprint density at radius 3 is 2.80 bits per heavy atom. The molecule has 1 saturated heterocycles. The fraction of sp³-hybridized carbons (Fsp3) is 0.625. The molecule has 0 aliphatic carbocycles. The summed E-state index contributed by atoms with van der Waals surface area (Å²) >= 11 is 0. The first-order valence-electron chi connectivity index (χ1n) is 7.39. The van der Waals surface area contributed by atoms with E-state index in [0.717, 1.165) is 19.5 Å². The Balaban J connectivity index is 1.95. The van der Waals surface area contributed by atoms with Crippen molar-refractivity contribution in [3.8, 4) is 0 Å². The van der Waals surface area contributed by atoms with Gasteiger partial charge in [0.1, 0.15) is 5.82 Å². The average Bonchev–Trinajstić information content (AvgIpc) is 2.42. The number of nitrogens with two attached hydrogens (primary N) is 1. The second kappa shape index (κ2) is 6.66. The van der Waals surface area contributed by atoms with Crippen molar-refractivity contribution >= 4 is 0 Å². The number of aliphatic hydroxyl groups is 1. The van der Waals surface area contributed by atoms with Gasteiger partial charge < -0.3 is 15.7 Å². The molecule has 0 spiro atoms. The summed E-state index contributed by atoms with van der Waals surface area (Å²) in [5.74, 6) is 0.272. The zero-order valence-corrected chi connectivity index (χ0v) is 12.3. The average molecular weight is 280 g/mol. The van der Waals surface area contributed by atoms with E-state index in [2.05, 4.69) is 11.8 Å². The van der Waals surface area contributed by atoms with E-state index in [1.165, 1.54) is 6.07 Å². The summed E-state index contributed by atoms with van der Waals surface area (Å²) in [6, 6.07) is 6.39. The van der Waals surface area contributed by atoms with Crippen molar-refractivity contribution < 1.29 is 9.50 Å². The van der Waals surface area contributed by atoms with Gasteiger partial charge in [0, 0.05) is 24.7 Å². The maximum absolute atomic E-state index is 13.8. The first-order valence-corrected chi connectivity index (χ1v) is 7.39. The van der Waals surface area contributed by atoms with Crippen molar-refractivity contribution in [2.75, 3.05) is 19.6 Å². The van der Waals surface area contributed by atoms with Crippen molar-refractivity contribution in [1.82, 2.24) is 4.90 Å². The highest BCUT2D eigenvalue weighted by molar-refractivity contribution is 5.21. The normalized spacial score (nSPS) is 27.2. The lowest BCUT2D eigenvalue weighted by Crippen LogP contribution is -2.45. The summed E-state index contributed by atoms with van der Waals surface area (Å²) in [5, 5.41) is 9.93. The van der Waals surface area contributed by atoms with E-state index >= 15 is 0 Å². The van der Waals surface area contributed by atoms with Crippen molar-refractivity contribution in [1.29, 1.82) is 0 Å². The SMILES string of the molecule is CC1CCN(CC(C)C(N)c2ccccc2F)CC1O. The second-order valence-electron chi connectivity index (χ2n) is 6.12. The molecule has 0 radical (unpaired) electrons. The molecule has 1 aromatic rings. The monoisotopic (exact) mass is 280 g/mol. The van der Waals surface area contributed by atoms with Gasteiger partial charge in [0.2, 0.25) is 0 Å². The largest absolute Gasteiger partial charge is 0.392 e. The molecule has 4 unspecified atom stereocenters. The lowest BCUT2D eigenvalue weighted by atomic mass is 9.91. The minimum Gasteiger partial charge on any atom is -0.392 e. The quantitative estimate of drug-likeness (QED) is 0.888. The highest BCUT2D eigenvalue weighted by atomic mass is 19.1. The molecule has 3 N–H and O–H groups in total. The first kappa shape index (κ1) is 15.4. The van der Waals surface area contributed by atoms with Gasteiger partial charge in [0.05, 0.1) is 6.10 Å². The highest BCUT2D eigenvalue weighted by Crippen LogP contribution is 2.24. The van der Waals surface area contributed by atoms with Crippen LogP contribution in [-0.4, -0.2) is 35.7 Å². The third-order valence-corrected chi connectivity index (χ3v) is 4.43. The molecule has 1 aliphatic heterocycles. The van der Waals surface area contributed by atoms with Crippen LogP contribution in [0.1, 0.15) is 31.9 Å². The summed E-state index contributed by atoms with van der Waals surface area (Å²) in [5.41, 5.74) is 6.76. The fourth-order valence-corrected chi connectivity index (χ4v) is 2.85. The third kappa shape index (κ3) is 3.57. The summed E-state index contributed by atoms with van der Waals surface area (Å²) in [6.07, 6.45) is 0.740. The fourth-order valence-electron chi connectivity index (χ4n) is 2.85. The van der Waals surface area contributed by atoms with Gasteiger partial charge in [-0.3, -0.25) is 0 Å². The van der Waals surface area contributed by atoms with Crippen molar-refractivity contribution in [2.24, 2.45) is 17.6 Å². The Morgan fingerprint density at radius 1 is 1.45 bits per heavy atom. The Bertz CT molecular complexity index is 440. The van der Waals surface area contributed by atoms with Gasteiger partial charge in [-0.1, -0.05) is 32.0 Å². The molecule has 4 heteroatoms. The van der Waals surface area contributed by atoms with Crippen LogP contribution < -0.4 is 5.73 Å². The molecule has 112 valence electrons. The minimum atomic E-state index is -0.312. The van der Waals surface area contributed by atoms with Crippen LogP contribution in [0.2, 0.25) is 0 Å². The van der Waals surface area contributed by atoms with E-state index in [0.29, 0.717) is 18.0 Å². The Morgan fingerprint density at radius 2 is 2.15 bits per heavy atom. The standard InChI is InChI=1S/C16H25FN2O/c1-11-7-8-19(10-15(11)20)9-12(2)16(18)13-5-3-4-6-14(13)17/h3-6,11-12,15-16,20H,7-10,18H2,1-2H3. The van der Waals surface area contributed by atoms with Gasteiger partial charge >= 0.3 is 0 Å². The summed E-state index contributed by atoms with van der Waals surface area (Å²) < 4.78 is 13.8. The van der Waals surface area contributed by atoms with Crippen LogP contribution in [-0.2, 0) is 0 Å². The van der Waals surface area contributed by atoms with Crippen LogP contribution >= 0.6 is 0 Å². The van der Waals surface area contributed by atoms with E-state index in [1.54, 1.807) is 12.1 Å². The molecule has 1 aliphatic rings. The number of rotatable bonds is 4. The van der Waals surface area contributed by atoms with Crippen LogP contribution in [0.25, 0.3) is 0 Å². The van der Waals surface area contributed by atoms with Crippen LogP contribution in [0.3, 0.4) is 0 Å². The number of β-amino-alcohol motifs (C(OH)–C–C–N with tert-alkyl or cyclic N) is 1. The highest BCUT2D eigenvalue weighted by Gasteiger charge is 2.27. The molecule has 1 aromatic carbocycles. The van der Waals surface area contributed by atoms with Gasteiger partial charge in [0.25, 0.3) is 0 Å². The molecule has 1 heterocycles. The van der Waals surface area contributed by atoms with Crippen LogP contribution in [0.15, 0.2) is 24.3 Å². The van der Waals surface area contributed by atoms with E-state index in [1.807, 2.05) is 13.0 Å². The number of halogens is 1. The predicted octanol–water partition coefficient (Wildman–Crippen LogP) is 2.16. The van der Waals surface area contributed by atoms with E-state index in [4.69, 9.17) is 5.73 Å². The molecule has 1 fully saturated rings. The summed E-state index contributed by atoms with van der Waals surface area (Å²) in [7, 11) is 0. The molecule has 0 bridgehead atoms. The minimum absolute atomic E-state index is 0.146. The predicted molar refractivity (Wildman–Crippen MR) is 78.7 cm³/mol. The maximum atomic E-state index is 13.8. The number of nitrogens with zero attached hydrogens (tertiary/aromatic N) is 1. The van der Waals surface area contributed by atoms with Crippen LogP contribution in [0.4, 0.5) is 4.39 Å². The first-order chi connectivity index (χ1) is 9.49. The lowest BCUT2D eigenvalue weighted by molar-refractivity contribution is 0.0223. The molecule has 2 rings (SSSR count).